The first-order chi connectivity index (χ1) is 8.14. The summed E-state index contributed by atoms with van der Waals surface area (Å²) >= 11 is 0. The van der Waals surface area contributed by atoms with Gasteiger partial charge in [-0.25, -0.2) is 8.42 Å². The summed E-state index contributed by atoms with van der Waals surface area (Å²) in [5, 5.41) is -0.201. The first kappa shape index (κ1) is 12.6. The molecule has 17 heavy (non-hydrogen) atoms. The molecule has 1 aromatic carbocycles. The summed E-state index contributed by atoms with van der Waals surface area (Å²) in [6, 6.07) is 8.81. The largest absolute Gasteiger partial charge is 0.304 e. The van der Waals surface area contributed by atoms with Crippen LogP contribution in [0.2, 0.25) is 0 Å². The van der Waals surface area contributed by atoms with Gasteiger partial charge in [0.25, 0.3) is 0 Å². The van der Waals surface area contributed by atoms with Crippen molar-refractivity contribution in [1.82, 2.24) is 4.90 Å². The van der Waals surface area contributed by atoms with Gasteiger partial charge in [-0.2, -0.15) is 0 Å². The molecule has 0 aliphatic carbocycles. The predicted molar refractivity (Wildman–Crippen MR) is 68.8 cm³/mol. The van der Waals surface area contributed by atoms with E-state index in [4.69, 9.17) is 0 Å². The number of piperidine rings is 1. The van der Waals surface area contributed by atoms with Crippen LogP contribution in [0.3, 0.4) is 0 Å². The van der Waals surface area contributed by atoms with Crippen molar-refractivity contribution in [2.45, 2.75) is 29.9 Å². The third-order valence-corrected chi connectivity index (χ3v) is 5.77. The second-order valence-electron chi connectivity index (χ2n) is 4.49. The zero-order chi connectivity index (χ0) is 12.3. The predicted octanol–water partition coefficient (Wildman–Crippen LogP) is 1.94. The smallest absolute Gasteiger partial charge is 0.181 e. The van der Waals surface area contributed by atoms with Crippen LogP contribution in [0.15, 0.2) is 35.2 Å². The molecule has 2 rings (SSSR count). The molecular formula is C13H19NO2S. The molecule has 1 aliphatic heterocycles. The molecule has 0 atom stereocenters. The second kappa shape index (κ2) is 5.19. The van der Waals surface area contributed by atoms with Crippen LogP contribution in [0, 0.1) is 0 Å². The van der Waals surface area contributed by atoms with Gasteiger partial charge in [0, 0.05) is 0 Å². The molecule has 0 aromatic heterocycles. The summed E-state index contributed by atoms with van der Waals surface area (Å²) < 4.78 is 24.7. The number of sulfone groups is 1. The van der Waals surface area contributed by atoms with Crippen LogP contribution in [-0.2, 0) is 9.84 Å². The summed E-state index contributed by atoms with van der Waals surface area (Å²) in [5.41, 5.74) is 0. The lowest BCUT2D eigenvalue weighted by Gasteiger charge is -2.30. The molecule has 0 saturated carbocycles. The second-order valence-corrected chi connectivity index (χ2v) is 6.72. The standard InChI is InChI=1S/C13H19NO2S/c1-2-14-10-8-13(9-11-14)17(15,16)12-6-4-3-5-7-12/h3-7,13H,2,8-11H2,1H3. The highest BCUT2D eigenvalue weighted by Crippen LogP contribution is 2.24. The van der Waals surface area contributed by atoms with Crippen LogP contribution in [0.5, 0.6) is 0 Å². The first-order valence-electron chi connectivity index (χ1n) is 6.16. The Kier molecular flexibility index (Phi) is 3.84. The Hall–Kier alpha value is -0.870. The summed E-state index contributed by atoms with van der Waals surface area (Å²) in [6.07, 6.45) is 1.51. The van der Waals surface area contributed by atoms with Gasteiger partial charge in [0.1, 0.15) is 0 Å². The van der Waals surface area contributed by atoms with Crippen LogP contribution >= 0.6 is 0 Å². The van der Waals surface area contributed by atoms with E-state index in [-0.39, 0.29) is 5.25 Å². The van der Waals surface area contributed by atoms with Crippen molar-refractivity contribution in [2.75, 3.05) is 19.6 Å². The van der Waals surface area contributed by atoms with Gasteiger partial charge in [-0.15, -0.1) is 0 Å². The zero-order valence-electron chi connectivity index (χ0n) is 10.2. The van der Waals surface area contributed by atoms with Crippen LogP contribution in [0.25, 0.3) is 0 Å². The van der Waals surface area contributed by atoms with E-state index in [1.165, 1.54) is 0 Å². The Labute approximate surface area is 103 Å². The minimum absolute atomic E-state index is 0.201. The molecule has 94 valence electrons. The molecule has 1 aliphatic rings. The van der Waals surface area contributed by atoms with Gasteiger partial charge in [0.2, 0.25) is 0 Å². The fourth-order valence-corrected chi connectivity index (χ4v) is 4.09. The van der Waals surface area contributed by atoms with Gasteiger partial charge in [-0.1, -0.05) is 25.1 Å². The van der Waals surface area contributed by atoms with E-state index in [1.54, 1.807) is 24.3 Å². The Balaban J connectivity index is 2.13. The average molecular weight is 253 g/mol. The van der Waals surface area contributed by atoms with Crippen LogP contribution < -0.4 is 0 Å². The van der Waals surface area contributed by atoms with Crippen LogP contribution in [0.4, 0.5) is 0 Å². The maximum atomic E-state index is 12.4. The van der Waals surface area contributed by atoms with Crippen molar-refractivity contribution >= 4 is 9.84 Å². The van der Waals surface area contributed by atoms with E-state index in [0.717, 1.165) is 32.5 Å². The van der Waals surface area contributed by atoms with Crippen molar-refractivity contribution in [3.05, 3.63) is 30.3 Å². The molecule has 0 unspecified atom stereocenters. The van der Waals surface area contributed by atoms with E-state index in [9.17, 15) is 8.42 Å². The van der Waals surface area contributed by atoms with Crippen LogP contribution in [-0.4, -0.2) is 38.2 Å². The van der Waals surface area contributed by atoms with Gasteiger partial charge in [-0.3, -0.25) is 0 Å². The number of nitrogens with zero attached hydrogens (tertiary/aromatic N) is 1. The molecule has 0 bridgehead atoms. The van der Waals surface area contributed by atoms with Crippen molar-refractivity contribution in [1.29, 1.82) is 0 Å². The fourth-order valence-electron chi connectivity index (χ4n) is 2.34. The van der Waals surface area contributed by atoms with Crippen molar-refractivity contribution < 1.29 is 8.42 Å². The first-order valence-corrected chi connectivity index (χ1v) is 7.70. The highest BCUT2D eigenvalue weighted by molar-refractivity contribution is 7.92. The number of hydrogen-bond acceptors (Lipinski definition) is 3. The van der Waals surface area contributed by atoms with E-state index in [2.05, 4.69) is 11.8 Å². The molecule has 3 nitrogen and oxygen atoms in total. The lowest BCUT2D eigenvalue weighted by molar-refractivity contribution is 0.241. The summed E-state index contributed by atoms with van der Waals surface area (Å²) in [4.78, 5) is 2.77. The molecular weight excluding hydrogens is 234 g/mol. The molecule has 1 fully saturated rings. The molecule has 0 N–H and O–H groups in total. The van der Waals surface area contributed by atoms with E-state index >= 15 is 0 Å². The van der Waals surface area contributed by atoms with Crippen LogP contribution in [0.1, 0.15) is 19.8 Å². The molecule has 0 radical (unpaired) electrons. The highest BCUT2D eigenvalue weighted by atomic mass is 32.2. The van der Waals surface area contributed by atoms with Gasteiger partial charge >= 0.3 is 0 Å². The quantitative estimate of drug-likeness (QED) is 0.826. The fraction of sp³-hybridized carbons (Fsp3) is 0.538. The van der Waals surface area contributed by atoms with Crippen molar-refractivity contribution in [3.8, 4) is 0 Å². The minimum Gasteiger partial charge on any atom is -0.304 e. The number of likely N-dealkylation sites (tertiary alicyclic amines) is 1. The number of benzene rings is 1. The molecule has 1 saturated heterocycles. The third-order valence-electron chi connectivity index (χ3n) is 3.49. The summed E-state index contributed by atoms with van der Waals surface area (Å²) in [7, 11) is -3.12. The molecule has 1 aromatic rings. The minimum atomic E-state index is -3.12. The topological polar surface area (TPSA) is 37.4 Å². The number of rotatable bonds is 3. The SMILES string of the molecule is CCN1CCC(S(=O)(=O)c2ccccc2)CC1. The van der Waals surface area contributed by atoms with Gasteiger partial charge in [0.05, 0.1) is 10.1 Å². The zero-order valence-corrected chi connectivity index (χ0v) is 11.0. The molecule has 4 heteroatoms. The van der Waals surface area contributed by atoms with E-state index in [1.807, 2.05) is 6.07 Å². The Morgan fingerprint density at radius 1 is 1.18 bits per heavy atom. The maximum absolute atomic E-state index is 12.4. The Bertz CT molecular complexity index is 448. The average Bonchev–Trinajstić information content (AvgIpc) is 2.40. The third kappa shape index (κ3) is 2.69. The molecule has 0 spiro atoms. The van der Waals surface area contributed by atoms with Crippen molar-refractivity contribution in [2.24, 2.45) is 0 Å². The van der Waals surface area contributed by atoms with Gasteiger partial charge in [-0.05, 0) is 44.6 Å². The summed E-state index contributed by atoms with van der Waals surface area (Å²) in [6.45, 7) is 4.92. The Morgan fingerprint density at radius 2 is 1.76 bits per heavy atom. The van der Waals surface area contributed by atoms with Crippen molar-refractivity contribution in [3.63, 3.8) is 0 Å². The number of hydrogen-bond donors (Lipinski definition) is 0. The monoisotopic (exact) mass is 253 g/mol. The van der Waals surface area contributed by atoms with E-state index < -0.39 is 9.84 Å². The lowest BCUT2D eigenvalue weighted by atomic mass is 10.1. The van der Waals surface area contributed by atoms with Gasteiger partial charge in [0.15, 0.2) is 9.84 Å². The maximum Gasteiger partial charge on any atom is 0.181 e. The Morgan fingerprint density at radius 3 is 2.29 bits per heavy atom. The molecule has 0 amide bonds. The lowest BCUT2D eigenvalue weighted by Crippen LogP contribution is -2.39. The summed E-state index contributed by atoms with van der Waals surface area (Å²) in [5.74, 6) is 0. The normalized spacial score (nSPS) is 19.4. The van der Waals surface area contributed by atoms with E-state index in [0.29, 0.717) is 4.90 Å². The highest BCUT2D eigenvalue weighted by Gasteiger charge is 2.30. The van der Waals surface area contributed by atoms with Gasteiger partial charge < -0.3 is 4.90 Å². The molecule has 1 heterocycles.